The molecule has 2 aromatic carbocycles. The highest BCUT2D eigenvalue weighted by Crippen LogP contribution is 2.39. The molecule has 0 saturated carbocycles. The Labute approximate surface area is 210 Å². The zero-order valence-electron chi connectivity index (χ0n) is 20.3. The Morgan fingerprint density at radius 3 is 2.71 bits per heavy atom. The van der Waals surface area contributed by atoms with Gasteiger partial charge in [-0.3, -0.25) is 0 Å². The van der Waals surface area contributed by atoms with E-state index in [4.69, 9.17) is 26.4 Å². The standard InChI is InChI=1S/C27H27ClN6O/c1-17-14-33(16-30-17)23-10-7-18(12-24(23)35-4)25-31-26-21(6-5-11-34(26)32-25)20-9-8-19(13-22(20)28)27(2,3)15-29/h7-10,12-14,16,21H,5-6,11H2,1-4H3/t21-/m0/s1. The third-order valence-electron chi connectivity index (χ3n) is 6.68. The maximum absolute atomic E-state index is 9.49. The minimum absolute atomic E-state index is 0.0480. The first-order valence-electron chi connectivity index (χ1n) is 11.7. The summed E-state index contributed by atoms with van der Waals surface area (Å²) in [5.41, 5.74) is 4.07. The van der Waals surface area contributed by atoms with Crippen LogP contribution in [-0.4, -0.2) is 31.4 Å². The van der Waals surface area contributed by atoms with E-state index in [1.54, 1.807) is 13.4 Å². The fourth-order valence-corrected chi connectivity index (χ4v) is 4.93. The fourth-order valence-electron chi connectivity index (χ4n) is 4.61. The Kier molecular flexibility index (Phi) is 5.86. The lowest BCUT2D eigenvalue weighted by atomic mass is 9.84. The predicted molar refractivity (Wildman–Crippen MR) is 135 cm³/mol. The van der Waals surface area contributed by atoms with Crippen molar-refractivity contribution in [3.8, 4) is 28.9 Å². The zero-order valence-corrected chi connectivity index (χ0v) is 21.0. The highest BCUT2D eigenvalue weighted by atomic mass is 35.5. The van der Waals surface area contributed by atoms with Crippen molar-refractivity contribution in [1.82, 2.24) is 24.3 Å². The summed E-state index contributed by atoms with van der Waals surface area (Å²) in [7, 11) is 1.66. The van der Waals surface area contributed by atoms with Gasteiger partial charge in [-0.05, 0) is 69.0 Å². The van der Waals surface area contributed by atoms with Crippen LogP contribution in [0.5, 0.6) is 5.75 Å². The van der Waals surface area contributed by atoms with Crippen LogP contribution >= 0.6 is 11.6 Å². The van der Waals surface area contributed by atoms with E-state index in [2.05, 4.69) is 11.1 Å². The maximum atomic E-state index is 9.49. The largest absolute Gasteiger partial charge is 0.495 e. The van der Waals surface area contributed by atoms with Crippen molar-refractivity contribution in [3.63, 3.8) is 0 Å². The molecule has 5 rings (SSSR count). The van der Waals surface area contributed by atoms with Gasteiger partial charge in [0.2, 0.25) is 0 Å². The number of hydrogen-bond acceptors (Lipinski definition) is 5. The molecule has 3 heterocycles. The van der Waals surface area contributed by atoms with Gasteiger partial charge in [-0.15, -0.1) is 0 Å². The molecule has 0 amide bonds. The van der Waals surface area contributed by atoms with Crippen LogP contribution in [-0.2, 0) is 12.0 Å². The first-order valence-corrected chi connectivity index (χ1v) is 12.0. The highest BCUT2D eigenvalue weighted by Gasteiger charge is 2.29. The first kappa shape index (κ1) is 23.1. The van der Waals surface area contributed by atoms with E-state index in [9.17, 15) is 5.26 Å². The molecule has 0 aliphatic carbocycles. The second kappa shape index (κ2) is 8.86. The Balaban J connectivity index is 1.50. The van der Waals surface area contributed by atoms with Crippen molar-refractivity contribution in [3.05, 3.63) is 76.6 Å². The topological polar surface area (TPSA) is 81.5 Å². The lowest BCUT2D eigenvalue weighted by Crippen LogP contribution is -2.19. The van der Waals surface area contributed by atoms with Gasteiger partial charge in [-0.2, -0.15) is 10.4 Å². The van der Waals surface area contributed by atoms with Crippen molar-refractivity contribution in [2.24, 2.45) is 0 Å². The summed E-state index contributed by atoms with van der Waals surface area (Å²) in [5, 5.41) is 15.0. The van der Waals surface area contributed by atoms with Crippen LogP contribution in [0.4, 0.5) is 0 Å². The minimum Gasteiger partial charge on any atom is -0.495 e. The van der Waals surface area contributed by atoms with E-state index >= 15 is 0 Å². The third kappa shape index (κ3) is 4.19. The van der Waals surface area contributed by atoms with Gasteiger partial charge in [0.1, 0.15) is 11.6 Å². The molecule has 0 radical (unpaired) electrons. The number of imidazole rings is 1. The molecule has 4 aromatic rings. The number of nitrogens with zero attached hydrogens (tertiary/aromatic N) is 6. The van der Waals surface area contributed by atoms with Gasteiger partial charge in [0, 0.05) is 29.2 Å². The van der Waals surface area contributed by atoms with Gasteiger partial charge < -0.3 is 9.30 Å². The van der Waals surface area contributed by atoms with Gasteiger partial charge in [-0.1, -0.05) is 23.7 Å². The average Bonchev–Trinajstić information content (AvgIpc) is 3.50. The molecule has 1 atom stereocenters. The van der Waals surface area contributed by atoms with Crippen molar-refractivity contribution in [1.29, 1.82) is 5.26 Å². The van der Waals surface area contributed by atoms with E-state index in [0.717, 1.165) is 59.0 Å². The second-order valence-electron chi connectivity index (χ2n) is 9.49. The van der Waals surface area contributed by atoms with Crippen LogP contribution in [0.2, 0.25) is 5.02 Å². The molecule has 1 aliphatic heterocycles. The summed E-state index contributed by atoms with van der Waals surface area (Å²) in [6.45, 7) is 6.57. The van der Waals surface area contributed by atoms with E-state index < -0.39 is 5.41 Å². The molecular formula is C27H27ClN6O. The third-order valence-corrected chi connectivity index (χ3v) is 7.01. The zero-order chi connectivity index (χ0) is 24.7. The summed E-state index contributed by atoms with van der Waals surface area (Å²) in [6.07, 6.45) is 5.67. The molecule has 2 aromatic heterocycles. The number of aromatic nitrogens is 5. The Hall–Kier alpha value is -3.63. The number of methoxy groups -OCH3 is 1. The van der Waals surface area contributed by atoms with Crippen LogP contribution in [0.3, 0.4) is 0 Å². The monoisotopic (exact) mass is 486 g/mol. The maximum Gasteiger partial charge on any atom is 0.181 e. The normalized spacial score (nSPS) is 15.5. The van der Waals surface area contributed by atoms with E-state index in [-0.39, 0.29) is 5.92 Å². The number of fused-ring (bicyclic) bond motifs is 1. The molecule has 0 bridgehead atoms. The van der Waals surface area contributed by atoms with Crippen LogP contribution in [0.1, 0.15) is 55.3 Å². The lowest BCUT2D eigenvalue weighted by Gasteiger charge is -2.24. The van der Waals surface area contributed by atoms with Crippen LogP contribution < -0.4 is 4.74 Å². The number of ether oxygens (including phenoxy) is 1. The average molecular weight is 487 g/mol. The molecule has 0 unspecified atom stereocenters. The number of aryl methyl sites for hydroxylation is 2. The quantitative estimate of drug-likeness (QED) is 0.354. The van der Waals surface area contributed by atoms with E-state index in [1.165, 1.54) is 0 Å². The van der Waals surface area contributed by atoms with Crippen molar-refractivity contribution < 1.29 is 4.74 Å². The number of benzene rings is 2. The Morgan fingerprint density at radius 1 is 1.20 bits per heavy atom. The number of nitriles is 1. The summed E-state index contributed by atoms with van der Waals surface area (Å²) < 4.78 is 9.61. The number of rotatable bonds is 5. The smallest absolute Gasteiger partial charge is 0.181 e. The van der Waals surface area contributed by atoms with Crippen LogP contribution in [0.25, 0.3) is 17.1 Å². The lowest BCUT2D eigenvalue weighted by molar-refractivity contribution is 0.413. The Morgan fingerprint density at radius 2 is 2.03 bits per heavy atom. The van der Waals surface area contributed by atoms with Crippen molar-refractivity contribution in [2.75, 3.05) is 7.11 Å². The molecule has 0 N–H and O–H groups in total. The molecule has 0 fully saturated rings. The summed E-state index contributed by atoms with van der Waals surface area (Å²) >= 11 is 6.74. The second-order valence-corrected chi connectivity index (χ2v) is 9.90. The van der Waals surface area contributed by atoms with Gasteiger partial charge in [-0.25, -0.2) is 14.6 Å². The van der Waals surface area contributed by atoms with Gasteiger partial charge in [0.05, 0.1) is 36.3 Å². The molecular weight excluding hydrogens is 460 g/mol. The van der Waals surface area contributed by atoms with Gasteiger partial charge in [0.15, 0.2) is 5.82 Å². The molecule has 8 heteroatoms. The molecule has 7 nitrogen and oxygen atoms in total. The predicted octanol–water partition coefficient (Wildman–Crippen LogP) is 5.83. The van der Waals surface area contributed by atoms with Crippen molar-refractivity contribution in [2.45, 2.75) is 51.5 Å². The highest BCUT2D eigenvalue weighted by molar-refractivity contribution is 6.31. The van der Waals surface area contributed by atoms with Crippen LogP contribution in [0.15, 0.2) is 48.9 Å². The van der Waals surface area contributed by atoms with E-state index in [1.807, 2.05) is 72.6 Å². The van der Waals surface area contributed by atoms with Gasteiger partial charge in [0.25, 0.3) is 0 Å². The molecule has 178 valence electrons. The summed E-state index contributed by atoms with van der Waals surface area (Å²) in [5.74, 6) is 2.35. The fraction of sp³-hybridized carbons (Fsp3) is 0.333. The summed E-state index contributed by atoms with van der Waals surface area (Å²) in [6, 6.07) is 14.3. The summed E-state index contributed by atoms with van der Waals surface area (Å²) in [4.78, 5) is 9.27. The molecule has 1 aliphatic rings. The van der Waals surface area contributed by atoms with Gasteiger partial charge >= 0.3 is 0 Å². The molecule has 35 heavy (non-hydrogen) atoms. The van der Waals surface area contributed by atoms with Crippen LogP contribution in [0, 0.1) is 18.3 Å². The molecule has 0 spiro atoms. The number of hydrogen-bond donors (Lipinski definition) is 0. The van der Waals surface area contributed by atoms with E-state index in [0.29, 0.717) is 10.8 Å². The Bertz CT molecular complexity index is 1440. The number of halogens is 1. The minimum atomic E-state index is -0.595. The first-order chi connectivity index (χ1) is 16.8. The van der Waals surface area contributed by atoms with Crippen molar-refractivity contribution >= 4 is 11.6 Å². The SMILES string of the molecule is COc1cc(-c2nc3n(n2)CCC[C@H]3c2ccc(C(C)(C)C#N)cc2Cl)ccc1-n1cnc(C)c1. The molecule has 0 saturated heterocycles.